The van der Waals surface area contributed by atoms with Gasteiger partial charge in [0, 0.05) is 6.04 Å². The number of rotatable bonds is 5. The number of nitrogens with one attached hydrogen (secondary N) is 1. The third-order valence-corrected chi connectivity index (χ3v) is 4.79. The van der Waals surface area contributed by atoms with Crippen LogP contribution in [0, 0.1) is 0 Å². The van der Waals surface area contributed by atoms with E-state index < -0.39 is 9.84 Å². The molecule has 7 heteroatoms. The minimum atomic E-state index is -2.99. The Morgan fingerprint density at radius 1 is 1.30 bits per heavy atom. The lowest BCUT2D eigenvalue weighted by atomic mass is 10.2. The van der Waals surface area contributed by atoms with Gasteiger partial charge in [-0.15, -0.1) is 0 Å². The summed E-state index contributed by atoms with van der Waals surface area (Å²) in [6.07, 6.45) is 0.469. The Balaban J connectivity index is 1.77. The van der Waals surface area contributed by atoms with Gasteiger partial charge in [-0.3, -0.25) is 4.79 Å². The van der Waals surface area contributed by atoms with Crippen LogP contribution < -0.4 is 14.8 Å². The summed E-state index contributed by atoms with van der Waals surface area (Å²) in [5.41, 5.74) is 0. The van der Waals surface area contributed by atoms with Crippen molar-refractivity contribution >= 4 is 15.7 Å². The van der Waals surface area contributed by atoms with Gasteiger partial charge in [0.25, 0.3) is 5.91 Å². The third-order valence-electron chi connectivity index (χ3n) is 3.03. The van der Waals surface area contributed by atoms with Gasteiger partial charge in [0.05, 0.1) is 18.6 Å². The molecule has 20 heavy (non-hydrogen) atoms. The molecule has 6 nitrogen and oxygen atoms in total. The van der Waals surface area contributed by atoms with Gasteiger partial charge in [0.2, 0.25) is 0 Å². The number of carbonyl (C=O) groups is 1. The largest absolute Gasteiger partial charge is 0.497 e. The summed E-state index contributed by atoms with van der Waals surface area (Å²) in [6, 6.07) is 6.57. The van der Waals surface area contributed by atoms with Crippen LogP contribution in [0.15, 0.2) is 24.3 Å². The van der Waals surface area contributed by atoms with Gasteiger partial charge in [-0.05, 0) is 30.7 Å². The second-order valence-corrected chi connectivity index (χ2v) is 6.86. The first-order valence-electron chi connectivity index (χ1n) is 6.25. The quantitative estimate of drug-likeness (QED) is 0.850. The first kappa shape index (κ1) is 14.6. The second kappa shape index (κ2) is 6.13. The fourth-order valence-corrected chi connectivity index (χ4v) is 3.67. The Labute approximate surface area is 118 Å². The molecule has 0 aromatic heterocycles. The zero-order valence-corrected chi connectivity index (χ0v) is 12.0. The van der Waals surface area contributed by atoms with Crippen molar-refractivity contribution in [2.45, 2.75) is 12.5 Å². The number of ether oxygens (including phenoxy) is 2. The molecular formula is C13H17NO5S. The van der Waals surface area contributed by atoms with Crippen molar-refractivity contribution in [3.05, 3.63) is 24.3 Å². The summed E-state index contributed by atoms with van der Waals surface area (Å²) in [5, 5.41) is 2.66. The van der Waals surface area contributed by atoms with Crippen molar-refractivity contribution < 1.29 is 22.7 Å². The zero-order valence-electron chi connectivity index (χ0n) is 11.2. The Morgan fingerprint density at radius 3 is 2.50 bits per heavy atom. The molecule has 1 N–H and O–H groups in total. The molecule has 1 amide bonds. The van der Waals surface area contributed by atoms with Gasteiger partial charge in [-0.1, -0.05) is 0 Å². The summed E-state index contributed by atoms with van der Waals surface area (Å²) in [7, 11) is -1.42. The van der Waals surface area contributed by atoms with Gasteiger partial charge in [-0.2, -0.15) is 0 Å². The third kappa shape index (κ3) is 4.12. The van der Waals surface area contributed by atoms with Crippen LogP contribution in [0.2, 0.25) is 0 Å². The number of carbonyl (C=O) groups excluding carboxylic acids is 1. The van der Waals surface area contributed by atoms with E-state index in [1.54, 1.807) is 31.4 Å². The van der Waals surface area contributed by atoms with E-state index in [4.69, 9.17) is 9.47 Å². The van der Waals surface area contributed by atoms with E-state index in [-0.39, 0.29) is 30.1 Å². The maximum atomic E-state index is 11.7. The molecule has 110 valence electrons. The van der Waals surface area contributed by atoms with Crippen LogP contribution in [0.4, 0.5) is 0 Å². The molecule has 1 heterocycles. The standard InChI is InChI=1S/C13H17NO5S/c1-18-11-2-4-12(5-3-11)19-8-13(15)14-10-6-7-20(16,17)9-10/h2-5,10H,6-9H2,1H3,(H,14,15)/t10-/m0/s1. The predicted octanol–water partition coefficient (Wildman–Crippen LogP) is 0.377. The molecule has 0 bridgehead atoms. The average Bonchev–Trinajstić information content (AvgIpc) is 2.76. The lowest BCUT2D eigenvalue weighted by Crippen LogP contribution is -2.38. The summed E-state index contributed by atoms with van der Waals surface area (Å²) >= 11 is 0. The van der Waals surface area contributed by atoms with Gasteiger partial charge in [0.1, 0.15) is 11.5 Å². The average molecular weight is 299 g/mol. The van der Waals surface area contributed by atoms with Crippen molar-refractivity contribution in [3.63, 3.8) is 0 Å². The fourth-order valence-electron chi connectivity index (χ4n) is 2.00. The van der Waals surface area contributed by atoms with Crippen molar-refractivity contribution in [3.8, 4) is 11.5 Å². The van der Waals surface area contributed by atoms with E-state index in [0.29, 0.717) is 17.9 Å². The molecule has 2 rings (SSSR count). The maximum absolute atomic E-state index is 11.7. The van der Waals surface area contributed by atoms with Crippen LogP contribution in [-0.2, 0) is 14.6 Å². The van der Waals surface area contributed by atoms with Gasteiger partial charge >= 0.3 is 0 Å². The Kier molecular flexibility index (Phi) is 4.49. The SMILES string of the molecule is COc1ccc(OCC(=O)N[C@H]2CCS(=O)(=O)C2)cc1. The smallest absolute Gasteiger partial charge is 0.258 e. The van der Waals surface area contributed by atoms with Gasteiger partial charge in [0.15, 0.2) is 16.4 Å². The van der Waals surface area contributed by atoms with Crippen LogP contribution in [-0.4, -0.2) is 45.6 Å². The highest BCUT2D eigenvalue weighted by atomic mass is 32.2. The van der Waals surface area contributed by atoms with Gasteiger partial charge < -0.3 is 14.8 Å². The highest BCUT2D eigenvalue weighted by Gasteiger charge is 2.28. The lowest BCUT2D eigenvalue weighted by Gasteiger charge is -2.11. The van der Waals surface area contributed by atoms with Crippen LogP contribution in [0.1, 0.15) is 6.42 Å². The fraction of sp³-hybridized carbons (Fsp3) is 0.462. The van der Waals surface area contributed by atoms with E-state index in [0.717, 1.165) is 0 Å². The minimum Gasteiger partial charge on any atom is -0.497 e. The lowest BCUT2D eigenvalue weighted by molar-refractivity contribution is -0.123. The Hall–Kier alpha value is -1.76. The predicted molar refractivity (Wildman–Crippen MR) is 73.7 cm³/mol. The minimum absolute atomic E-state index is 0.0152. The van der Waals surface area contributed by atoms with E-state index in [1.165, 1.54) is 0 Å². The van der Waals surface area contributed by atoms with Crippen molar-refractivity contribution in [1.82, 2.24) is 5.32 Å². The monoisotopic (exact) mass is 299 g/mol. The van der Waals surface area contributed by atoms with Crippen LogP contribution in [0.5, 0.6) is 11.5 Å². The first-order chi connectivity index (χ1) is 9.48. The number of amides is 1. The molecule has 1 fully saturated rings. The zero-order chi connectivity index (χ0) is 14.6. The van der Waals surface area contributed by atoms with Crippen LogP contribution in [0.25, 0.3) is 0 Å². The molecule has 0 saturated carbocycles. The Bertz CT molecular complexity index is 567. The maximum Gasteiger partial charge on any atom is 0.258 e. The molecule has 0 aliphatic carbocycles. The number of hydrogen-bond donors (Lipinski definition) is 1. The highest BCUT2D eigenvalue weighted by molar-refractivity contribution is 7.91. The molecule has 0 unspecified atom stereocenters. The molecule has 1 aliphatic heterocycles. The van der Waals surface area contributed by atoms with E-state index >= 15 is 0 Å². The first-order valence-corrected chi connectivity index (χ1v) is 8.07. The molecule has 0 radical (unpaired) electrons. The van der Waals surface area contributed by atoms with Crippen molar-refractivity contribution in [2.24, 2.45) is 0 Å². The molecule has 0 spiro atoms. The topological polar surface area (TPSA) is 81.7 Å². The normalized spacial score (nSPS) is 20.4. The molecule has 1 aromatic rings. The van der Waals surface area contributed by atoms with Crippen molar-refractivity contribution in [2.75, 3.05) is 25.2 Å². The summed E-state index contributed by atoms with van der Waals surface area (Å²) in [6.45, 7) is -0.136. The Morgan fingerprint density at radius 2 is 1.95 bits per heavy atom. The molecule has 1 aliphatic rings. The number of sulfone groups is 1. The van der Waals surface area contributed by atoms with Crippen molar-refractivity contribution in [1.29, 1.82) is 0 Å². The molecule has 1 atom stereocenters. The van der Waals surface area contributed by atoms with E-state index in [9.17, 15) is 13.2 Å². The molecular weight excluding hydrogens is 282 g/mol. The number of benzene rings is 1. The second-order valence-electron chi connectivity index (χ2n) is 4.63. The molecule has 1 saturated heterocycles. The van der Waals surface area contributed by atoms with E-state index in [2.05, 4.69) is 5.32 Å². The number of methoxy groups -OCH3 is 1. The van der Waals surface area contributed by atoms with Crippen LogP contribution >= 0.6 is 0 Å². The van der Waals surface area contributed by atoms with E-state index in [1.807, 2.05) is 0 Å². The van der Waals surface area contributed by atoms with Gasteiger partial charge in [-0.25, -0.2) is 8.42 Å². The highest BCUT2D eigenvalue weighted by Crippen LogP contribution is 2.17. The summed E-state index contributed by atoms with van der Waals surface area (Å²) in [4.78, 5) is 11.7. The van der Waals surface area contributed by atoms with Crippen LogP contribution in [0.3, 0.4) is 0 Å². The summed E-state index contributed by atoms with van der Waals surface area (Å²) in [5.74, 6) is 1.10. The summed E-state index contributed by atoms with van der Waals surface area (Å²) < 4.78 is 32.9. The number of hydrogen-bond acceptors (Lipinski definition) is 5. The molecule has 1 aromatic carbocycles.